The van der Waals surface area contributed by atoms with Crippen molar-refractivity contribution < 1.29 is 4.79 Å². The molecule has 0 heterocycles. The van der Waals surface area contributed by atoms with Gasteiger partial charge in [0, 0.05) is 4.47 Å². The van der Waals surface area contributed by atoms with E-state index in [9.17, 15) is 4.79 Å². The molecule has 0 aliphatic rings. The van der Waals surface area contributed by atoms with Crippen molar-refractivity contribution >= 4 is 27.5 Å². The Morgan fingerprint density at radius 2 is 1.75 bits per heavy atom. The predicted octanol–water partition coefficient (Wildman–Crippen LogP) is 3.99. The fraction of sp³-hybridized carbons (Fsp3) is 0.125. The van der Waals surface area contributed by atoms with E-state index < -0.39 is 0 Å². The normalized spacial score (nSPS) is 11.2. The van der Waals surface area contributed by atoms with Gasteiger partial charge >= 0.3 is 0 Å². The lowest BCUT2D eigenvalue weighted by Crippen LogP contribution is -2.20. The van der Waals surface area contributed by atoms with Crippen LogP contribution in [0.5, 0.6) is 0 Å². The number of hydrogen-bond donors (Lipinski definition) is 1. The molecule has 2 rings (SSSR count). The highest BCUT2D eigenvalue weighted by atomic mass is 79.9. The van der Waals surface area contributed by atoms with E-state index in [1.165, 1.54) is 0 Å². The molecule has 2 aromatic carbocycles. The van der Waals surface area contributed by atoms with Crippen LogP contribution in [0.4, 0.5) is 0 Å². The minimum atomic E-state index is -0.223. The van der Waals surface area contributed by atoms with E-state index in [4.69, 9.17) is 0 Å². The zero-order valence-corrected chi connectivity index (χ0v) is 12.7. The number of hydrogen-bond acceptors (Lipinski definition) is 2. The Bertz CT molecular complexity index is 623. The number of amides is 1. The van der Waals surface area contributed by atoms with Crippen LogP contribution in [-0.2, 0) is 0 Å². The van der Waals surface area contributed by atoms with Crippen molar-refractivity contribution in [3.8, 4) is 0 Å². The third-order valence-corrected chi connectivity index (χ3v) is 3.54. The van der Waals surface area contributed by atoms with E-state index in [1.807, 2.05) is 55.5 Å². The second kappa shape index (κ2) is 7.01. The van der Waals surface area contributed by atoms with Gasteiger partial charge in [0.2, 0.25) is 0 Å². The number of halogens is 1. The molecular formula is C16H15BrN2O. The molecule has 1 N–H and O–H groups in total. The Morgan fingerprint density at radius 3 is 2.40 bits per heavy atom. The monoisotopic (exact) mass is 330 g/mol. The Kier molecular flexibility index (Phi) is 5.07. The van der Waals surface area contributed by atoms with Gasteiger partial charge in [0.25, 0.3) is 5.91 Å². The number of carbonyl (C=O) groups is 1. The van der Waals surface area contributed by atoms with E-state index in [0.717, 1.165) is 22.2 Å². The van der Waals surface area contributed by atoms with Crippen LogP contribution in [0.1, 0.15) is 29.3 Å². The minimum absolute atomic E-state index is 0.223. The number of nitrogens with one attached hydrogen (secondary N) is 1. The van der Waals surface area contributed by atoms with Gasteiger partial charge in [-0.25, -0.2) is 5.43 Å². The summed E-state index contributed by atoms with van der Waals surface area (Å²) < 4.78 is 0.755. The highest BCUT2D eigenvalue weighted by Crippen LogP contribution is 2.15. The van der Waals surface area contributed by atoms with Crippen molar-refractivity contribution in [3.05, 3.63) is 70.2 Å². The largest absolute Gasteiger partial charge is 0.272 e. The summed E-state index contributed by atoms with van der Waals surface area (Å²) >= 11 is 3.36. The van der Waals surface area contributed by atoms with E-state index in [1.54, 1.807) is 6.07 Å². The molecule has 2 aromatic rings. The Hall–Kier alpha value is -1.94. The zero-order chi connectivity index (χ0) is 14.4. The highest BCUT2D eigenvalue weighted by molar-refractivity contribution is 9.10. The molecule has 0 radical (unpaired) electrons. The van der Waals surface area contributed by atoms with Crippen LogP contribution in [-0.4, -0.2) is 11.6 Å². The van der Waals surface area contributed by atoms with Gasteiger partial charge in [-0.3, -0.25) is 4.79 Å². The Labute approximate surface area is 126 Å². The fourth-order valence-corrected chi connectivity index (χ4v) is 2.27. The van der Waals surface area contributed by atoms with Crippen molar-refractivity contribution in [2.45, 2.75) is 13.3 Å². The summed E-state index contributed by atoms with van der Waals surface area (Å²) in [5.74, 6) is -0.223. The molecular weight excluding hydrogens is 316 g/mol. The molecule has 0 saturated carbocycles. The maximum atomic E-state index is 12.1. The van der Waals surface area contributed by atoms with E-state index in [-0.39, 0.29) is 5.91 Å². The number of hydrazone groups is 1. The van der Waals surface area contributed by atoms with E-state index in [2.05, 4.69) is 26.5 Å². The summed E-state index contributed by atoms with van der Waals surface area (Å²) in [6.45, 7) is 2.01. The lowest BCUT2D eigenvalue weighted by atomic mass is 10.1. The topological polar surface area (TPSA) is 41.5 Å². The highest BCUT2D eigenvalue weighted by Gasteiger charge is 2.08. The van der Waals surface area contributed by atoms with Crippen LogP contribution in [0, 0.1) is 0 Å². The van der Waals surface area contributed by atoms with Gasteiger partial charge in [0.05, 0.1) is 11.3 Å². The summed E-state index contributed by atoms with van der Waals surface area (Å²) in [6.07, 6.45) is 0.750. The lowest BCUT2D eigenvalue weighted by Gasteiger charge is -2.06. The molecule has 102 valence electrons. The van der Waals surface area contributed by atoms with Crippen LogP contribution >= 0.6 is 15.9 Å². The fourth-order valence-electron chi connectivity index (χ4n) is 1.80. The van der Waals surface area contributed by atoms with Gasteiger partial charge in [-0.1, -0.05) is 49.4 Å². The maximum Gasteiger partial charge on any atom is 0.272 e. The quantitative estimate of drug-likeness (QED) is 0.668. The molecule has 20 heavy (non-hydrogen) atoms. The summed E-state index contributed by atoms with van der Waals surface area (Å²) in [5, 5.41) is 4.23. The number of benzene rings is 2. The van der Waals surface area contributed by atoms with Crippen molar-refractivity contribution in [2.75, 3.05) is 0 Å². The van der Waals surface area contributed by atoms with Gasteiger partial charge in [-0.2, -0.15) is 5.10 Å². The van der Waals surface area contributed by atoms with Gasteiger partial charge in [0.15, 0.2) is 0 Å². The summed E-state index contributed by atoms with van der Waals surface area (Å²) in [6, 6.07) is 17.1. The molecule has 0 aromatic heterocycles. The molecule has 0 aliphatic heterocycles. The van der Waals surface area contributed by atoms with Gasteiger partial charge < -0.3 is 0 Å². The predicted molar refractivity (Wildman–Crippen MR) is 84.9 cm³/mol. The van der Waals surface area contributed by atoms with Crippen LogP contribution in [0.2, 0.25) is 0 Å². The molecule has 3 nitrogen and oxygen atoms in total. The smallest absolute Gasteiger partial charge is 0.267 e. The summed E-state index contributed by atoms with van der Waals surface area (Å²) in [5.41, 5.74) is 5.05. The second-order valence-electron chi connectivity index (χ2n) is 4.20. The van der Waals surface area contributed by atoms with Crippen molar-refractivity contribution in [2.24, 2.45) is 5.10 Å². The SMILES string of the molecule is CCC(=NNC(=O)c1ccccc1Br)c1ccccc1. The summed E-state index contributed by atoms with van der Waals surface area (Å²) in [4.78, 5) is 12.1. The van der Waals surface area contributed by atoms with Crippen molar-refractivity contribution in [3.63, 3.8) is 0 Å². The van der Waals surface area contributed by atoms with Crippen LogP contribution in [0.15, 0.2) is 64.2 Å². The first kappa shape index (κ1) is 14.5. The first-order valence-corrected chi connectivity index (χ1v) is 7.18. The van der Waals surface area contributed by atoms with Gasteiger partial charge in [0.1, 0.15) is 0 Å². The van der Waals surface area contributed by atoms with Crippen molar-refractivity contribution in [1.82, 2.24) is 5.43 Å². The molecule has 0 bridgehead atoms. The first-order valence-electron chi connectivity index (χ1n) is 6.39. The van der Waals surface area contributed by atoms with Crippen LogP contribution in [0.25, 0.3) is 0 Å². The molecule has 0 atom stereocenters. The molecule has 0 fully saturated rings. The number of rotatable bonds is 4. The average molecular weight is 331 g/mol. The van der Waals surface area contributed by atoms with E-state index in [0.29, 0.717) is 5.56 Å². The number of carbonyl (C=O) groups excluding carboxylic acids is 1. The molecule has 0 spiro atoms. The molecule has 0 saturated heterocycles. The molecule has 1 amide bonds. The average Bonchev–Trinajstić information content (AvgIpc) is 2.49. The summed E-state index contributed by atoms with van der Waals surface area (Å²) in [7, 11) is 0. The van der Waals surface area contributed by atoms with E-state index >= 15 is 0 Å². The third kappa shape index (κ3) is 3.54. The van der Waals surface area contributed by atoms with Gasteiger partial charge in [-0.05, 0) is 40.0 Å². The number of nitrogens with zero attached hydrogens (tertiary/aromatic N) is 1. The van der Waals surface area contributed by atoms with Crippen LogP contribution < -0.4 is 5.43 Å². The standard InChI is InChI=1S/C16H15BrN2O/c1-2-15(12-8-4-3-5-9-12)18-19-16(20)13-10-6-7-11-14(13)17/h3-11H,2H2,1H3,(H,19,20). The minimum Gasteiger partial charge on any atom is -0.267 e. The third-order valence-electron chi connectivity index (χ3n) is 2.85. The first-order chi connectivity index (χ1) is 9.72. The lowest BCUT2D eigenvalue weighted by molar-refractivity contribution is 0.0954. The van der Waals surface area contributed by atoms with Crippen LogP contribution in [0.3, 0.4) is 0 Å². The molecule has 0 aliphatic carbocycles. The molecule has 0 unspecified atom stereocenters. The van der Waals surface area contributed by atoms with Gasteiger partial charge in [-0.15, -0.1) is 0 Å². The Balaban J connectivity index is 2.16. The Morgan fingerprint density at radius 1 is 1.10 bits per heavy atom. The zero-order valence-electron chi connectivity index (χ0n) is 11.1. The second-order valence-corrected chi connectivity index (χ2v) is 5.05. The molecule has 4 heteroatoms. The van der Waals surface area contributed by atoms with Crippen molar-refractivity contribution in [1.29, 1.82) is 0 Å². The maximum absolute atomic E-state index is 12.1.